The second-order valence-corrected chi connectivity index (χ2v) is 5.61. The summed E-state index contributed by atoms with van der Waals surface area (Å²) in [7, 11) is 1.57. The Balaban J connectivity index is 1.60. The average molecular weight is 355 g/mol. The Kier molecular flexibility index (Phi) is 5.63. The summed E-state index contributed by atoms with van der Waals surface area (Å²) < 4.78 is 21.9. The van der Waals surface area contributed by atoms with E-state index in [1.54, 1.807) is 31.4 Å². The van der Waals surface area contributed by atoms with Gasteiger partial charge in [0.2, 0.25) is 0 Å². The van der Waals surface area contributed by atoms with E-state index in [0.29, 0.717) is 41.9 Å². The van der Waals surface area contributed by atoms with Crippen LogP contribution in [-0.4, -0.2) is 32.8 Å². The molecule has 0 fully saturated rings. The smallest absolute Gasteiger partial charge is 0.262 e. The lowest BCUT2D eigenvalue weighted by Crippen LogP contribution is -2.21. The summed E-state index contributed by atoms with van der Waals surface area (Å²) in [4.78, 5) is 12.2. The van der Waals surface area contributed by atoms with Gasteiger partial charge in [-0.2, -0.15) is 0 Å². The number of amides is 1. The molecule has 0 spiro atoms. The van der Waals surface area contributed by atoms with Crippen LogP contribution in [0.15, 0.2) is 42.5 Å². The molecule has 1 heterocycles. The van der Waals surface area contributed by atoms with Crippen molar-refractivity contribution in [3.05, 3.63) is 48.0 Å². The minimum absolute atomic E-state index is 0.131. The van der Waals surface area contributed by atoms with Gasteiger partial charge in [0, 0.05) is 11.8 Å². The number of ether oxygens (including phenoxy) is 4. The number of allylic oxidation sites excluding steroid dienone is 1. The molecule has 0 bridgehead atoms. The van der Waals surface area contributed by atoms with Crippen LogP contribution in [0, 0.1) is 0 Å². The van der Waals surface area contributed by atoms with Gasteiger partial charge in [0.15, 0.2) is 29.6 Å². The highest BCUT2D eigenvalue weighted by Gasteiger charge is 2.13. The molecule has 0 unspecified atom stereocenters. The van der Waals surface area contributed by atoms with Crippen molar-refractivity contribution in [3.63, 3.8) is 0 Å². The lowest BCUT2D eigenvalue weighted by atomic mass is 10.2. The number of fused-ring (bicyclic) bond motifs is 1. The number of benzene rings is 2. The summed E-state index contributed by atoms with van der Waals surface area (Å²) in [6.07, 6.45) is 3.90. The first-order chi connectivity index (χ1) is 12.7. The van der Waals surface area contributed by atoms with Crippen LogP contribution in [0.3, 0.4) is 0 Å². The van der Waals surface area contributed by atoms with E-state index in [-0.39, 0.29) is 12.5 Å². The van der Waals surface area contributed by atoms with Crippen LogP contribution >= 0.6 is 0 Å². The third-order valence-electron chi connectivity index (χ3n) is 3.73. The monoisotopic (exact) mass is 355 g/mol. The van der Waals surface area contributed by atoms with Crippen molar-refractivity contribution in [2.45, 2.75) is 6.92 Å². The standard InChI is InChI=1S/C20H21NO5/c1-3-4-14-5-7-16(18(11-14)23-2)26-13-20(22)21-15-6-8-17-19(12-15)25-10-9-24-17/h3-8,11-12H,9-10,13H2,1-2H3,(H,21,22)/b4-3-. The summed E-state index contributed by atoms with van der Waals surface area (Å²) in [5.74, 6) is 2.11. The summed E-state index contributed by atoms with van der Waals surface area (Å²) in [6, 6.07) is 10.8. The molecule has 6 heteroatoms. The summed E-state index contributed by atoms with van der Waals surface area (Å²) in [5, 5.41) is 2.78. The number of carbonyl (C=O) groups is 1. The molecule has 6 nitrogen and oxygen atoms in total. The number of hydrogen-bond donors (Lipinski definition) is 1. The molecule has 1 N–H and O–H groups in total. The van der Waals surface area contributed by atoms with E-state index in [0.717, 1.165) is 5.56 Å². The molecule has 2 aromatic carbocycles. The Bertz CT molecular complexity index is 816. The van der Waals surface area contributed by atoms with Gasteiger partial charge in [-0.1, -0.05) is 18.2 Å². The van der Waals surface area contributed by atoms with Crippen molar-refractivity contribution in [2.75, 3.05) is 32.2 Å². The van der Waals surface area contributed by atoms with Gasteiger partial charge in [-0.15, -0.1) is 0 Å². The molecule has 0 saturated carbocycles. The fourth-order valence-corrected chi connectivity index (χ4v) is 2.56. The van der Waals surface area contributed by atoms with Crippen LogP contribution in [0.1, 0.15) is 12.5 Å². The SMILES string of the molecule is C/C=C\c1ccc(OCC(=O)Nc2ccc3c(c2)OCCO3)c(OC)c1. The average Bonchev–Trinajstić information content (AvgIpc) is 2.67. The minimum Gasteiger partial charge on any atom is -0.493 e. The van der Waals surface area contributed by atoms with Crippen molar-refractivity contribution in [3.8, 4) is 23.0 Å². The van der Waals surface area contributed by atoms with Crippen LogP contribution in [0.5, 0.6) is 23.0 Å². The van der Waals surface area contributed by atoms with Crippen molar-refractivity contribution >= 4 is 17.7 Å². The zero-order valence-corrected chi connectivity index (χ0v) is 14.8. The van der Waals surface area contributed by atoms with Crippen LogP contribution in [0.2, 0.25) is 0 Å². The van der Waals surface area contributed by atoms with Crippen molar-refractivity contribution < 1.29 is 23.7 Å². The summed E-state index contributed by atoms with van der Waals surface area (Å²) in [6.45, 7) is 2.84. The van der Waals surface area contributed by atoms with Gasteiger partial charge in [-0.05, 0) is 36.8 Å². The van der Waals surface area contributed by atoms with E-state index in [4.69, 9.17) is 18.9 Å². The second kappa shape index (κ2) is 8.29. The van der Waals surface area contributed by atoms with E-state index in [9.17, 15) is 4.79 Å². The predicted molar refractivity (Wildman–Crippen MR) is 99.3 cm³/mol. The molecule has 0 aliphatic carbocycles. The van der Waals surface area contributed by atoms with Crippen LogP contribution in [-0.2, 0) is 4.79 Å². The van der Waals surface area contributed by atoms with E-state index in [1.165, 1.54) is 0 Å². The van der Waals surface area contributed by atoms with Gasteiger partial charge in [0.05, 0.1) is 7.11 Å². The van der Waals surface area contributed by atoms with Gasteiger partial charge >= 0.3 is 0 Å². The zero-order chi connectivity index (χ0) is 18.4. The largest absolute Gasteiger partial charge is 0.493 e. The Labute approximate surface area is 152 Å². The van der Waals surface area contributed by atoms with Gasteiger partial charge in [-0.25, -0.2) is 0 Å². The minimum atomic E-state index is -0.277. The first-order valence-electron chi connectivity index (χ1n) is 8.32. The van der Waals surface area contributed by atoms with Crippen LogP contribution in [0.25, 0.3) is 6.08 Å². The molecule has 1 aliphatic heterocycles. The molecular formula is C20H21NO5. The van der Waals surface area contributed by atoms with Crippen LogP contribution < -0.4 is 24.3 Å². The summed E-state index contributed by atoms with van der Waals surface area (Å²) >= 11 is 0. The second-order valence-electron chi connectivity index (χ2n) is 5.61. The molecule has 0 aromatic heterocycles. The highest BCUT2D eigenvalue weighted by atomic mass is 16.6. The number of methoxy groups -OCH3 is 1. The third kappa shape index (κ3) is 4.27. The van der Waals surface area contributed by atoms with Crippen molar-refractivity contribution in [1.82, 2.24) is 0 Å². The number of rotatable bonds is 6. The van der Waals surface area contributed by atoms with Crippen molar-refractivity contribution in [1.29, 1.82) is 0 Å². The number of carbonyl (C=O) groups excluding carboxylic acids is 1. The Morgan fingerprint density at radius 3 is 2.69 bits per heavy atom. The van der Waals surface area contributed by atoms with Crippen LogP contribution in [0.4, 0.5) is 5.69 Å². The Morgan fingerprint density at radius 2 is 1.92 bits per heavy atom. The molecular weight excluding hydrogens is 334 g/mol. The Hall–Kier alpha value is -3.15. The molecule has 0 saturated heterocycles. The predicted octanol–water partition coefficient (Wildman–Crippen LogP) is 3.52. The maximum Gasteiger partial charge on any atom is 0.262 e. The third-order valence-corrected chi connectivity index (χ3v) is 3.73. The maximum atomic E-state index is 12.2. The molecule has 1 aliphatic rings. The fourth-order valence-electron chi connectivity index (χ4n) is 2.56. The maximum absolute atomic E-state index is 12.2. The molecule has 2 aromatic rings. The molecule has 1 amide bonds. The Morgan fingerprint density at radius 1 is 1.12 bits per heavy atom. The quantitative estimate of drug-likeness (QED) is 0.859. The van der Waals surface area contributed by atoms with E-state index in [2.05, 4.69) is 5.32 Å². The lowest BCUT2D eigenvalue weighted by molar-refractivity contribution is -0.118. The number of anilines is 1. The first-order valence-corrected chi connectivity index (χ1v) is 8.32. The first kappa shape index (κ1) is 17.7. The highest BCUT2D eigenvalue weighted by Crippen LogP contribution is 2.32. The van der Waals surface area contributed by atoms with Gasteiger partial charge in [0.25, 0.3) is 5.91 Å². The highest BCUT2D eigenvalue weighted by molar-refractivity contribution is 5.92. The van der Waals surface area contributed by atoms with Gasteiger partial charge in [-0.3, -0.25) is 4.79 Å². The summed E-state index contributed by atoms with van der Waals surface area (Å²) in [5.41, 5.74) is 1.62. The fraction of sp³-hybridized carbons (Fsp3) is 0.250. The number of hydrogen-bond acceptors (Lipinski definition) is 5. The van der Waals surface area contributed by atoms with Gasteiger partial charge < -0.3 is 24.3 Å². The van der Waals surface area contributed by atoms with E-state index in [1.807, 2.05) is 31.2 Å². The molecule has 0 atom stereocenters. The van der Waals surface area contributed by atoms with Gasteiger partial charge in [0.1, 0.15) is 13.2 Å². The van der Waals surface area contributed by atoms with Crippen molar-refractivity contribution in [2.24, 2.45) is 0 Å². The zero-order valence-electron chi connectivity index (χ0n) is 14.8. The topological polar surface area (TPSA) is 66.0 Å². The lowest BCUT2D eigenvalue weighted by Gasteiger charge is -2.19. The van der Waals surface area contributed by atoms with E-state index < -0.39 is 0 Å². The normalized spacial score (nSPS) is 12.7. The molecule has 3 rings (SSSR count). The molecule has 0 radical (unpaired) electrons. The number of nitrogens with one attached hydrogen (secondary N) is 1. The molecule has 26 heavy (non-hydrogen) atoms. The molecule has 136 valence electrons. The van der Waals surface area contributed by atoms with E-state index >= 15 is 0 Å².